The molecule has 0 unspecified atom stereocenters. The van der Waals surface area contributed by atoms with E-state index in [-0.39, 0.29) is 0 Å². The first-order valence-electron chi connectivity index (χ1n) is 3.04. The third-order valence-corrected chi connectivity index (χ3v) is 1.71. The van der Waals surface area contributed by atoms with Crippen LogP contribution in [0, 0.1) is 0 Å². The molecule has 0 radical (unpaired) electrons. The van der Waals surface area contributed by atoms with Crippen molar-refractivity contribution in [1.29, 1.82) is 0 Å². The van der Waals surface area contributed by atoms with Gasteiger partial charge in [-0.3, -0.25) is 10.4 Å². The van der Waals surface area contributed by atoms with Crippen LogP contribution in [0.4, 0.5) is 10.5 Å². The van der Waals surface area contributed by atoms with Crippen LogP contribution in [0.3, 0.4) is 0 Å². The molecule has 64 valence electrons. The van der Waals surface area contributed by atoms with Crippen LogP contribution in [0.2, 0.25) is 0 Å². The monoisotopic (exact) mass is 231 g/mol. The Morgan fingerprint density at radius 3 is 3.00 bits per heavy atom. The maximum absolute atomic E-state index is 10.1. The summed E-state index contributed by atoms with van der Waals surface area (Å²) in [6.45, 7) is 0. The largest absolute Gasteiger partial charge is 0.464 e. The molecule has 0 fully saturated rings. The maximum Gasteiger partial charge on any atom is 0.423 e. The minimum atomic E-state index is -1.14. The van der Waals surface area contributed by atoms with Crippen molar-refractivity contribution in [2.75, 3.05) is 5.43 Å². The predicted octanol–water partition coefficient (Wildman–Crippen LogP) is 1.44. The molecule has 1 aromatic heterocycles. The molecular weight excluding hydrogens is 226 g/mol. The molecule has 0 aliphatic heterocycles. The smallest absolute Gasteiger partial charge is 0.423 e. The first kappa shape index (κ1) is 8.79. The lowest BCUT2D eigenvalue weighted by Gasteiger charge is -2.05. The zero-order chi connectivity index (χ0) is 8.97. The number of hydrazine groups is 1. The van der Waals surface area contributed by atoms with Crippen molar-refractivity contribution in [3.8, 4) is 0 Å². The SMILES string of the molecule is O=C(O)NNc1ccncc1Br. The third-order valence-electron chi connectivity index (χ3n) is 1.08. The number of rotatable bonds is 2. The summed E-state index contributed by atoms with van der Waals surface area (Å²) in [5, 5.41) is 8.26. The lowest BCUT2D eigenvalue weighted by molar-refractivity contribution is 0.197. The Hall–Kier alpha value is -1.30. The second-order valence-corrected chi connectivity index (χ2v) is 2.77. The summed E-state index contributed by atoms with van der Waals surface area (Å²) < 4.78 is 0.693. The summed E-state index contributed by atoms with van der Waals surface area (Å²) >= 11 is 3.19. The zero-order valence-electron chi connectivity index (χ0n) is 5.91. The average Bonchev–Trinajstić information content (AvgIpc) is 2.03. The highest BCUT2D eigenvalue weighted by atomic mass is 79.9. The van der Waals surface area contributed by atoms with E-state index in [2.05, 4.69) is 26.3 Å². The van der Waals surface area contributed by atoms with Crippen molar-refractivity contribution in [2.24, 2.45) is 0 Å². The van der Waals surface area contributed by atoms with Gasteiger partial charge < -0.3 is 5.11 Å². The Kier molecular flexibility index (Phi) is 2.87. The summed E-state index contributed by atoms with van der Waals surface area (Å²) in [6.07, 6.45) is 1.97. The first-order valence-corrected chi connectivity index (χ1v) is 3.84. The average molecular weight is 232 g/mol. The Balaban J connectivity index is 2.63. The van der Waals surface area contributed by atoms with Gasteiger partial charge in [-0.15, -0.1) is 0 Å². The molecule has 3 N–H and O–H groups in total. The predicted molar refractivity (Wildman–Crippen MR) is 46.7 cm³/mol. The van der Waals surface area contributed by atoms with Crippen molar-refractivity contribution in [3.05, 3.63) is 22.9 Å². The molecule has 12 heavy (non-hydrogen) atoms. The van der Waals surface area contributed by atoms with Crippen LogP contribution in [-0.2, 0) is 0 Å². The van der Waals surface area contributed by atoms with Gasteiger partial charge in [0.05, 0.1) is 10.2 Å². The van der Waals surface area contributed by atoms with Crippen LogP contribution >= 0.6 is 15.9 Å². The fourth-order valence-electron chi connectivity index (χ4n) is 0.597. The van der Waals surface area contributed by atoms with E-state index in [9.17, 15) is 4.79 Å². The van der Waals surface area contributed by atoms with Crippen molar-refractivity contribution < 1.29 is 9.90 Å². The van der Waals surface area contributed by atoms with Crippen LogP contribution in [0.1, 0.15) is 0 Å². The van der Waals surface area contributed by atoms with E-state index in [1.54, 1.807) is 18.5 Å². The number of hydrogen-bond acceptors (Lipinski definition) is 3. The van der Waals surface area contributed by atoms with E-state index in [1.165, 1.54) is 0 Å². The van der Waals surface area contributed by atoms with E-state index in [0.29, 0.717) is 10.2 Å². The molecule has 0 aromatic carbocycles. The highest BCUT2D eigenvalue weighted by molar-refractivity contribution is 9.10. The molecule has 1 heterocycles. The number of anilines is 1. The Bertz CT molecular complexity index is 292. The van der Waals surface area contributed by atoms with E-state index in [0.717, 1.165) is 0 Å². The molecular formula is C6H6BrN3O2. The number of nitrogens with zero attached hydrogens (tertiary/aromatic N) is 1. The standard InChI is InChI=1S/C6H6BrN3O2/c7-4-3-8-2-1-5(4)9-10-6(11)12/h1-3,10H,(H,8,9)(H,11,12). The maximum atomic E-state index is 10.1. The van der Waals surface area contributed by atoms with Crippen LogP contribution < -0.4 is 10.9 Å². The number of carboxylic acid groups (broad SMARTS) is 1. The van der Waals surface area contributed by atoms with Gasteiger partial charge >= 0.3 is 6.09 Å². The summed E-state index contributed by atoms with van der Waals surface area (Å²) in [4.78, 5) is 13.9. The van der Waals surface area contributed by atoms with Gasteiger partial charge in [0, 0.05) is 12.4 Å². The second-order valence-electron chi connectivity index (χ2n) is 1.91. The normalized spacial score (nSPS) is 9.08. The molecule has 6 heteroatoms. The lowest BCUT2D eigenvalue weighted by atomic mass is 10.4. The van der Waals surface area contributed by atoms with Gasteiger partial charge in [0.2, 0.25) is 0 Å². The number of pyridine rings is 1. The summed E-state index contributed by atoms with van der Waals surface area (Å²) in [7, 11) is 0. The molecule has 1 amide bonds. The molecule has 0 aliphatic carbocycles. The minimum Gasteiger partial charge on any atom is -0.464 e. The highest BCUT2D eigenvalue weighted by Gasteiger charge is 1.98. The quantitative estimate of drug-likeness (QED) is 0.674. The van der Waals surface area contributed by atoms with Crippen molar-refractivity contribution in [2.45, 2.75) is 0 Å². The van der Waals surface area contributed by atoms with Crippen LogP contribution in [-0.4, -0.2) is 16.2 Å². The van der Waals surface area contributed by atoms with Gasteiger partial charge in [0.1, 0.15) is 0 Å². The fourth-order valence-corrected chi connectivity index (χ4v) is 0.947. The molecule has 5 nitrogen and oxygen atoms in total. The van der Waals surface area contributed by atoms with Gasteiger partial charge in [-0.1, -0.05) is 0 Å². The van der Waals surface area contributed by atoms with E-state index in [1.807, 2.05) is 5.43 Å². The Morgan fingerprint density at radius 2 is 2.42 bits per heavy atom. The minimum absolute atomic E-state index is 0.618. The van der Waals surface area contributed by atoms with Gasteiger partial charge in [0.15, 0.2) is 0 Å². The van der Waals surface area contributed by atoms with E-state index in [4.69, 9.17) is 5.11 Å². The van der Waals surface area contributed by atoms with E-state index >= 15 is 0 Å². The Labute approximate surface area is 76.9 Å². The van der Waals surface area contributed by atoms with Gasteiger partial charge in [-0.05, 0) is 22.0 Å². The molecule has 0 saturated carbocycles. The second kappa shape index (κ2) is 3.91. The topological polar surface area (TPSA) is 74.2 Å². The molecule has 0 aliphatic rings. The Morgan fingerprint density at radius 1 is 1.67 bits per heavy atom. The number of aromatic nitrogens is 1. The molecule has 1 aromatic rings. The van der Waals surface area contributed by atoms with Crippen LogP contribution in [0.5, 0.6) is 0 Å². The summed E-state index contributed by atoms with van der Waals surface area (Å²) in [5.74, 6) is 0. The molecule has 0 spiro atoms. The van der Waals surface area contributed by atoms with Gasteiger partial charge in [-0.25, -0.2) is 10.2 Å². The fraction of sp³-hybridized carbons (Fsp3) is 0. The highest BCUT2D eigenvalue weighted by Crippen LogP contribution is 2.18. The number of carbonyl (C=O) groups is 1. The number of nitrogens with one attached hydrogen (secondary N) is 2. The first-order chi connectivity index (χ1) is 5.70. The van der Waals surface area contributed by atoms with Gasteiger partial charge in [0.25, 0.3) is 0 Å². The van der Waals surface area contributed by atoms with E-state index < -0.39 is 6.09 Å². The molecule has 1 rings (SSSR count). The number of halogens is 1. The zero-order valence-corrected chi connectivity index (χ0v) is 7.50. The van der Waals surface area contributed by atoms with Crippen LogP contribution in [0.15, 0.2) is 22.9 Å². The van der Waals surface area contributed by atoms with Crippen molar-refractivity contribution in [3.63, 3.8) is 0 Å². The van der Waals surface area contributed by atoms with Crippen molar-refractivity contribution in [1.82, 2.24) is 10.4 Å². The summed E-state index contributed by atoms with van der Waals surface area (Å²) in [5.41, 5.74) is 5.11. The third kappa shape index (κ3) is 2.39. The molecule has 0 bridgehead atoms. The molecule has 0 saturated heterocycles. The number of amides is 1. The number of hydrogen-bond donors (Lipinski definition) is 3. The van der Waals surface area contributed by atoms with Gasteiger partial charge in [-0.2, -0.15) is 0 Å². The molecule has 0 atom stereocenters. The summed E-state index contributed by atoms with van der Waals surface area (Å²) in [6, 6.07) is 1.64. The van der Waals surface area contributed by atoms with Crippen LogP contribution in [0.25, 0.3) is 0 Å². The lowest BCUT2D eigenvalue weighted by Crippen LogP contribution is -2.27. The van der Waals surface area contributed by atoms with Crippen molar-refractivity contribution >= 4 is 27.7 Å².